The topological polar surface area (TPSA) is 38.5 Å². The van der Waals surface area contributed by atoms with E-state index in [9.17, 15) is 0 Å². The molecule has 2 atom stereocenters. The zero-order chi connectivity index (χ0) is 16.9. The molecule has 3 rings (SSSR count). The molecule has 0 aromatic heterocycles. The standard InChI is InChI=1S/C21H28N2O/c1-3-24-21-10-8-18(9-11-21)19-12-20(22)15-23(14-19)13-17-6-4-16(2)5-7-17/h4-11,19-20H,3,12-15,22H2,1-2H3. The van der Waals surface area contributed by atoms with Crippen molar-refractivity contribution in [3.8, 4) is 5.75 Å². The number of hydrogen-bond donors (Lipinski definition) is 1. The second kappa shape index (κ2) is 7.82. The first-order valence-electron chi connectivity index (χ1n) is 8.90. The van der Waals surface area contributed by atoms with Crippen LogP contribution in [0, 0.1) is 6.92 Å². The largest absolute Gasteiger partial charge is 0.494 e. The molecule has 2 N–H and O–H groups in total. The monoisotopic (exact) mass is 324 g/mol. The molecule has 1 aliphatic rings. The molecule has 0 radical (unpaired) electrons. The minimum Gasteiger partial charge on any atom is -0.494 e. The summed E-state index contributed by atoms with van der Waals surface area (Å²) in [4.78, 5) is 2.49. The molecule has 3 nitrogen and oxygen atoms in total. The van der Waals surface area contributed by atoms with E-state index in [1.807, 2.05) is 6.92 Å². The van der Waals surface area contributed by atoms with E-state index < -0.39 is 0 Å². The predicted octanol–water partition coefficient (Wildman–Crippen LogP) is 3.71. The minimum atomic E-state index is 0.237. The van der Waals surface area contributed by atoms with Gasteiger partial charge in [0.25, 0.3) is 0 Å². The molecule has 0 aliphatic carbocycles. The summed E-state index contributed by atoms with van der Waals surface area (Å²) in [5.74, 6) is 1.44. The van der Waals surface area contributed by atoms with Crippen LogP contribution in [0.2, 0.25) is 0 Å². The molecule has 2 unspecified atom stereocenters. The van der Waals surface area contributed by atoms with Crippen LogP contribution in [0.1, 0.15) is 36.0 Å². The van der Waals surface area contributed by atoms with Gasteiger partial charge in [0.2, 0.25) is 0 Å². The summed E-state index contributed by atoms with van der Waals surface area (Å²) in [6.45, 7) is 7.86. The van der Waals surface area contributed by atoms with Crippen molar-refractivity contribution in [2.24, 2.45) is 5.73 Å². The number of benzene rings is 2. The third-order valence-corrected chi connectivity index (χ3v) is 4.75. The van der Waals surface area contributed by atoms with Gasteiger partial charge in [-0.25, -0.2) is 0 Å². The van der Waals surface area contributed by atoms with E-state index in [1.165, 1.54) is 16.7 Å². The number of nitrogens with zero attached hydrogens (tertiary/aromatic N) is 1. The van der Waals surface area contributed by atoms with Crippen LogP contribution < -0.4 is 10.5 Å². The molecule has 0 saturated carbocycles. The lowest BCUT2D eigenvalue weighted by atomic mass is 9.88. The van der Waals surface area contributed by atoms with Gasteiger partial charge in [-0.2, -0.15) is 0 Å². The summed E-state index contributed by atoms with van der Waals surface area (Å²) < 4.78 is 5.54. The molecule has 0 bridgehead atoms. The van der Waals surface area contributed by atoms with Crippen molar-refractivity contribution in [3.05, 3.63) is 65.2 Å². The Morgan fingerprint density at radius 3 is 2.42 bits per heavy atom. The molecule has 1 fully saturated rings. The van der Waals surface area contributed by atoms with Gasteiger partial charge in [0.05, 0.1) is 6.61 Å². The maximum absolute atomic E-state index is 6.34. The Morgan fingerprint density at radius 1 is 1.04 bits per heavy atom. The van der Waals surface area contributed by atoms with E-state index in [1.54, 1.807) is 0 Å². The number of rotatable bonds is 5. The molecule has 2 aromatic carbocycles. The molecular weight excluding hydrogens is 296 g/mol. The van der Waals surface area contributed by atoms with Gasteiger partial charge >= 0.3 is 0 Å². The van der Waals surface area contributed by atoms with Crippen LogP contribution in [0.15, 0.2) is 48.5 Å². The summed E-state index contributed by atoms with van der Waals surface area (Å²) in [6.07, 6.45) is 1.05. The first-order chi connectivity index (χ1) is 11.6. The Hall–Kier alpha value is -1.84. The number of piperidine rings is 1. The fraction of sp³-hybridized carbons (Fsp3) is 0.429. The van der Waals surface area contributed by atoms with Crippen LogP contribution in [-0.2, 0) is 6.54 Å². The van der Waals surface area contributed by atoms with Crippen LogP contribution in [0.25, 0.3) is 0 Å². The lowest BCUT2D eigenvalue weighted by Crippen LogP contribution is -2.45. The van der Waals surface area contributed by atoms with E-state index >= 15 is 0 Å². The lowest BCUT2D eigenvalue weighted by Gasteiger charge is -2.36. The summed E-state index contributed by atoms with van der Waals surface area (Å²) in [7, 11) is 0. The van der Waals surface area contributed by atoms with Crippen LogP contribution in [0.3, 0.4) is 0 Å². The van der Waals surface area contributed by atoms with Crippen LogP contribution >= 0.6 is 0 Å². The minimum absolute atomic E-state index is 0.237. The number of ether oxygens (including phenoxy) is 1. The van der Waals surface area contributed by atoms with Gasteiger partial charge in [-0.15, -0.1) is 0 Å². The quantitative estimate of drug-likeness (QED) is 0.911. The summed E-state index contributed by atoms with van der Waals surface area (Å²) in [6, 6.07) is 17.6. The zero-order valence-electron chi connectivity index (χ0n) is 14.7. The summed E-state index contributed by atoms with van der Waals surface area (Å²) >= 11 is 0. The second-order valence-corrected chi connectivity index (χ2v) is 6.87. The molecule has 1 heterocycles. The SMILES string of the molecule is CCOc1ccc(C2CC(N)CN(Cc3ccc(C)cc3)C2)cc1. The first-order valence-corrected chi connectivity index (χ1v) is 8.90. The molecule has 3 heteroatoms. The van der Waals surface area contributed by atoms with Crippen LogP contribution in [-0.4, -0.2) is 30.6 Å². The van der Waals surface area contributed by atoms with Crippen LogP contribution in [0.5, 0.6) is 5.75 Å². The van der Waals surface area contributed by atoms with Crippen molar-refractivity contribution >= 4 is 0 Å². The highest BCUT2D eigenvalue weighted by Gasteiger charge is 2.26. The molecule has 1 saturated heterocycles. The normalized spacial score (nSPS) is 21.6. The Bertz CT molecular complexity index is 636. The van der Waals surface area contributed by atoms with E-state index in [2.05, 4.69) is 60.4 Å². The average molecular weight is 324 g/mol. The molecule has 2 aromatic rings. The van der Waals surface area contributed by atoms with Crippen molar-refractivity contribution in [3.63, 3.8) is 0 Å². The lowest BCUT2D eigenvalue weighted by molar-refractivity contribution is 0.181. The van der Waals surface area contributed by atoms with Gasteiger partial charge in [0.1, 0.15) is 5.75 Å². The van der Waals surface area contributed by atoms with Gasteiger partial charge in [0, 0.05) is 25.7 Å². The highest BCUT2D eigenvalue weighted by molar-refractivity contribution is 5.30. The Labute approximate surface area is 145 Å². The van der Waals surface area contributed by atoms with E-state index in [4.69, 9.17) is 10.5 Å². The molecule has 0 amide bonds. The van der Waals surface area contributed by atoms with Crippen molar-refractivity contribution < 1.29 is 4.74 Å². The molecular formula is C21H28N2O. The first kappa shape index (κ1) is 17.0. The predicted molar refractivity (Wildman–Crippen MR) is 99.4 cm³/mol. The third-order valence-electron chi connectivity index (χ3n) is 4.75. The van der Waals surface area contributed by atoms with E-state index in [0.717, 1.165) is 31.8 Å². The maximum atomic E-state index is 6.34. The van der Waals surface area contributed by atoms with Gasteiger partial charge in [-0.1, -0.05) is 42.0 Å². The molecule has 0 spiro atoms. The summed E-state index contributed by atoms with van der Waals surface area (Å²) in [5.41, 5.74) is 10.4. The average Bonchev–Trinajstić information content (AvgIpc) is 2.57. The number of aryl methyl sites for hydroxylation is 1. The molecule has 128 valence electrons. The third kappa shape index (κ3) is 4.37. The fourth-order valence-corrected chi connectivity index (χ4v) is 3.56. The van der Waals surface area contributed by atoms with Crippen molar-refractivity contribution in [2.45, 2.75) is 38.8 Å². The Morgan fingerprint density at radius 2 is 1.75 bits per heavy atom. The fourth-order valence-electron chi connectivity index (χ4n) is 3.56. The number of likely N-dealkylation sites (tertiary alicyclic amines) is 1. The maximum Gasteiger partial charge on any atom is 0.119 e. The van der Waals surface area contributed by atoms with Gasteiger partial charge in [0.15, 0.2) is 0 Å². The van der Waals surface area contributed by atoms with Crippen LogP contribution in [0.4, 0.5) is 0 Å². The second-order valence-electron chi connectivity index (χ2n) is 6.87. The number of nitrogens with two attached hydrogens (primary N) is 1. The number of hydrogen-bond acceptors (Lipinski definition) is 3. The van der Waals surface area contributed by atoms with Gasteiger partial charge in [-0.05, 0) is 49.4 Å². The Balaban J connectivity index is 1.67. The van der Waals surface area contributed by atoms with Crippen molar-refractivity contribution in [1.82, 2.24) is 4.90 Å². The highest BCUT2D eigenvalue weighted by Crippen LogP contribution is 2.28. The molecule has 24 heavy (non-hydrogen) atoms. The van der Waals surface area contributed by atoms with Crippen molar-refractivity contribution in [2.75, 3.05) is 19.7 Å². The highest BCUT2D eigenvalue weighted by atomic mass is 16.5. The zero-order valence-corrected chi connectivity index (χ0v) is 14.7. The Kier molecular flexibility index (Phi) is 5.54. The van der Waals surface area contributed by atoms with E-state index in [0.29, 0.717) is 12.5 Å². The van der Waals surface area contributed by atoms with Crippen molar-refractivity contribution in [1.29, 1.82) is 0 Å². The van der Waals surface area contributed by atoms with E-state index in [-0.39, 0.29) is 6.04 Å². The van der Waals surface area contributed by atoms with Gasteiger partial charge in [-0.3, -0.25) is 4.90 Å². The van der Waals surface area contributed by atoms with Gasteiger partial charge < -0.3 is 10.5 Å². The smallest absolute Gasteiger partial charge is 0.119 e. The summed E-state index contributed by atoms with van der Waals surface area (Å²) in [5, 5.41) is 0. The molecule has 1 aliphatic heterocycles.